The maximum absolute atomic E-state index is 10.9. The number of pyridine rings is 1. The Morgan fingerprint density at radius 3 is 3.00 bits per heavy atom. The van der Waals surface area contributed by atoms with Crippen LogP contribution in [0, 0.1) is 5.21 Å². The van der Waals surface area contributed by atoms with E-state index in [-0.39, 0.29) is 5.91 Å². The Kier molecular flexibility index (Phi) is 2.65. The van der Waals surface area contributed by atoms with Crippen LogP contribution in [0.4, 0.5) is 5.69 Å². The first-order valence-corrected chi connectivity index (χ1v) is 4.06. The lowest BCUT2D eigenvalue weighted by Gasteiger charge is -2.04. The van der Waals surface area contributed by atoms with Crippen LogP contribution in [0.25, 0.3) is 0 Å². The van der Waals surface area contributed by atoms with E-state index in [0.29, 0.717) is 15.0 Å². The van der Waals surface area contributed by atoms with E-state index in [4.69, 9.17) is 0 Å². The molecule has 1 heterocycles. The van der Waals surface area contributed by atoms with E-state index >= 15 is 0 Å². The van der Waals surface area contributed by atoms with E-state index in [2.05, 4.69) is 21.2 Å². The van der Waals surface area contributed by atoms with Gasteiger partial charge in [0.25, 0.3) is 4.60 Å². The topological polar surface area (TPSA) is 56.0 Å². The Hall–Kier alpha value is -1.10. The summed E-state index contributed by atoms with van der Waals surface area (Å²) in [5.41, 5.74) is 0.472. The molecule has 0 saturated carbocycles. The number of anilines is 1. The maximum Gasteiger partial charge on any atom is 0.282 e. The number of rotatable bonds is 1. The van der Waals surface area contributed by atoms with Crippen LogP contribution >= 0.6 is 15.9 Å². The average molecular weight is 231 g/mol. The number of hydrogen-bond acceptors (Lipinski definition) is 2. The van der Waals surface area contributed by atoms with Crippen LogP contribution < -0.4 is 10.0 Å². The van der Waals surface area contributed by atoms with Crippen molar-refractivity contribution in [3.05, 3.63) is 28.1 Å². The van der Waals surface area contributed by atoms with Gasteiger partial charge in [-0.2, -0.15) is 4.73 Å². The number of nitrogens with zero attached hydrogens (tertiary/aromatic N) is 1. The molecule has 5 heteroatoms. The van der Waals surface area contributed by atoms with Crippen molar-refractivity contribution >= 4 is 27.5 Å². The molecule has 0 aliphatic heterocycles. The SMILES string of the molecule is CC(=O)Nc1ccc[n+]([O-])c1Br. The van der Waals surface area contributed by atoms with Crippen LogP contribution in [0.3, 0.4) is 0 Å². The standard InChI is InChI=1S/C7H7BrN2O2/c1-5(11)9-6-3-2-4-10(12)7(6)8/h2-4H,1H3,(H,9,11). The lowest BCUT2D eigenvalue weighted by atomic mass is 10.4. The quantitative estimate of drug-likeness (QED) is 0.446. The monoisotopic (exact) mass is 230 g/mol. The van der Waals surface area contributed by atoms with E-state index in [9.17, 15) is 10.0 Å². The van der Waals surface area contributed by atoms with E-state index in [1.54, 1.807) is 12.1 Å². The molecule has 1 aromatic heterocycles. The van der Waals surface area contributed by atoms with Crippen LogP contribution in [0.1, 0.15) is 6.92 Å². The molecular weight excluding hydrogens is 224 g/mol. The van der Waals surface area contributed by atoms with Gasteiger partial charge in [-0.3, -0.25) is 4.79 Å². The third-order valence-corrected chi connectivity index (χ3v) is 1.99. The molecule has 0 aromatic carbocycles. The fraction of sp³-hybridized carbons (Fsp3) is 0.143. The average Bonchev–Trinajstić information content (AvgIpc) is 1.98. The molecular formula is C7H7BrN2O2. The molecule has 0 bridgehead atoms. The second-order valence-electron chi connectivity index (χ2n) is 2.22. The number of halogens is 1. The molecule has 64 valence electrons. The highest BCUT2D eigenvalue weighted by Gasteiger charge is 2.08. The van der Waals surface area contributed by atoms with Crippen LogP contribution in [-0.4, -0.2) is 5.91 Å². The van der Waals surface area contributed by atoms with E-state index in [0.717, 1.165) is 0 Å². The molecule has 1 aromatic rings. The van der Waals surface area contributed by atoms with Crippen molar-refractivity contribution in [1.82, 2.24) is 0 Å². The highest BCUT2D eigenvalue weighted by molar-refractivity contribution is 9.10. The summed E-state index contributed by atoms with van der Waals surface area (Å²) >= 11 is 3.04. The van der Waals surface area contributed by atoms with E-state index in [1.807, 2.05) is 0 Å². The van der Waals surface area contributed by atoms with Gasteiger partial charge in [0.15, 0.2) is 6.20 Å². The van der Waals surface area contributed by atoms with Crippen molar-refractivity contribution in [1.29, 1.82) is 0 Å². The van der Waals surface area contributed by atoms with Crippen molar-refractivity contribution in [2.24, 2.45) is 0 Å². The maximum atomic E-state index is 10.9. The molecule has 0 radical (unpaired) electrons. The summed E-state index contributed by atoms with van der Waals surface area (Å²) in [5, 5.41) is 13.4. The fourth-order valence-corrected chi connectivity index (χ4v) is 1.10. The molecule has 0 atom stereocenters. The number of carbonyl (C=O) groups is 1. The molecule has 0 spiro atoms. The molecule has 0 aliphatic carbocycles. The highest BCUT2D eigenvalue weighted by Crippen LogP contribution is 2.16. The van der Waals surface area contributed by atoms with Crippen molar-refractivity contribution in [2.45, 2.75) is 6.92 Å². The van der Waals surface area contributed by atoms with Crippen molar-refractivity contribution in [3.63, 3.8) is 0 Å². The number of aromatic nitrogens is 1. The van der Waals surface area contributed by atoms with Gasteiger partial charge < -0.3 is 10.5 Å². The molecule has 0 fully saturated rings. The minimum atomic E-state index is -0.207. The summed E-state index contributed by atoms with van der Waals surface area (Å²) in [6, 6.07) is 3.20. The van der Waals surface area contributed by atoms with Gasteiger partial charge in [-0.15, -0.1) is 0 Å². The number of carbonyl (C=O) groups excluding carboxylic acids is 1. The Morgan fingerprint density at radius 2 is 2.42 bits per heavy atom. The summed E-state index contributed by atoms with van der Waals surface area (Å²) in [5.74, 6) is -0.207. The first kappa shape index (κ1) is 8.99. The fourth-order valence-electron chi connectivity index (χ4n) is 0.753. The number of nitrogens with one attached hydrogen (secondary N) is 1. The highest BCUT2D eigenvalue weighted by atomic mass is 79.9. The van der Waals surface area contributed by atoms with Crippen molar-refractivity contribution in [3.8, 4) is 0 Å². The summed E-state index contributed by atoms with van der Waals surface area (Å²) < 4.78 is 0.936. The Bertz CT molecular complexity index is 314. The predicted octanol–water partition coefficient (Wildman–Crippen LogP) is 1.04. The molecule has 0 unspecified atom stereocenters. The molecule has 12 heavy (non-hydrogen) atoms. The van der Waals surface area contributed by atoms with Gasteiger partial charge in [0.05, 0.1) is 0 Å². The van der Waals surface area contributed by atoms with Gasteiger partial charge in [-0.25, -0.2) is 0 Å². The van der Waals surface area contributed by atoms with Gasteiger partial charge in [0, 0.05) is 28.9 Å². The molecule has 1 rings (SSSR count). The molecule has 0 aliphatic rings. The van der Waals surface area contributed by atoms with Crippen LogP contribution in [0.15, 0.2) is 22.9 Å². The van der Waals surface area contributed by atoms with Crippen LogP contribution in [-0.2, 0) is 4.79 Å². The lowest BCUT2D eigenvalue weighted by Crippen LogP contribution is -2.28. The third kappa shape index (κ3) is 1.94. The largest absolute Gasteiger partial charge is 0.618 e. The summed E-state index contributed by atoms with van der Waals surface area (Å²) in [6.07, 6.45) is 1.34. The first-order valence-electron chi connectivity index (χ1n) is 3.26. The third-order valence-electron chi connectivity index (χ3n) is 1.21. The predicted molar refractivity (Wildman–Crippen MR) is 47.4 cm³/mol. The molecule has 1 amide bonds. The van der Waals surface area contributed by atoms with Gasteiger partial charge >= 0.3 is 0 Å². The minimum absolute atomic E-state index is 0.207. The smallest absolute Gasteiger partial charge is 0.282 e. The van der Waals surface area contributed by atoms with Gasteiger partial charge in [-0.1, -0.05) is 0 Å². The number of hydrogen-bond donors (Lipinski definition) is 1. The zero-order chi connectivity index (χ0) is 9.14. The summed E-state index contributed by atoms with van der Waals surface area (Å²) in [7, 11) is 0. The van der Waals surface area contributed by atoms with Crippen molar-refractivity contribution < 1.29 is 9.52 Å². The van der Waals surface area contributed by atoms with Crippen LogP contribution in [0.2, 0.25) is 0 Å². The van der Waals surface area contributed by atoms with Gasteiger partial charge in [0.1, 0.15) is 5.69 Å². The zero-order valence-corrected chi connectivity index (χ0v) is 7.96. The Morgan fingerprint density at radius 1 is 1.75 bits per heavy atom. The number of amides is 1. The molecule has 4 nitrogen and oxygen atoms in total. The zero-order valence-electron chi connectivity index (χ0n) is 6.37. The normalized spacial score (nSPS) is 9.50. The molecule has 1 N–H and O–H groups in total. The second-order valence-corrected chi connectivity index (χ2v) is 2.97. The van der Waals surface area contributed by atoms with Crippen LogP contribution in [0.5, 0.6) is 0 Å². The van der Waals surface area contributed by atoms with E-state index in [1.165, 1.54) is 13.1 Å². The Labute approximate surface area is 77.9 Å². The summed E-state index contributed by atoms with van der Waals surface area (Å²) in [6.45, 7) is 1.38. The second kappa shape index (κ2) is 3.53. The first-order chi connectivity index (χ1) is 5.61. The summed E-state index contributed by atoms with van der Waals surface area (Å²) in [4.78, 5) is 10.6. The van der Waals surface area contributed by atoms with Crippen molar-refractivity contribution in [2.75, 3.05) is 5.32 Å². The minimum Gasteiger partial charge on any atom is -0.618 e. The van der Waals surface area contributed by atoms with E-state index < -0.39 is 0 Å². The van der Waals surface area contributed by atoms with Gasteiger partial charge in [-0.05, 0) is 6.07 Å². The van der Waals surface area contributed by atoms with Gasteiger partial charge in [0.2, 0.25) is 5.91 Å². The lowest BCUT2D eigenvalue weighted by molar-refractivity contribution is -0.616. The Balaban J connectivity index is 3.00. The molecule has 0 saturated heterocycles.